The Morgan fingerprint density at radius 2 is 1.95 bits per heavy atom. The summed E-state index contributed by atoms with van der Waals surface area (Å²) in [5.41, 5.74) is 1.08. The summed E-state index contributed by atoms with van der Waals surface area (Å²) in [6.45, 7) is 9.05. The molecule has 1 unspecified atom stereocenters. The van der Waals surface area contributed by atoms with Gasteiger partial charge in [-0.05, 0) is 45.7 Å². The highest BCUT2D eigenvalue weighted by molar-refractivity contribution is 5.66. The number of carboxylic acids is 1. The first-order chi connectivity index (χ1) is 9.75. The lowest BCUT2D eigenvalue weighted by Crippen LogP contribution is -2.48. The van der Waals surface area contributed by atoms with Crippen molar-refractivity contribution in [2.24, 2.45) is 0 Å². The third kappa shape index (κ3) is 5.38. The highest BCUT2D eigenvalue weighted by Crippen LogP contribution is 2.24. The third-order valence-corrected chi connectivity index (χ3v) is 3.67. The van der Waals surface area contributed by atoms with E-state index in [4.69, 9.17) is 9.84 Å². The Labute approximate surface area is 127 Å². The quantitative estimate of drug-likeness (QED) is 0.838. The molecule has 0 aliphatic rings. The van der Waals surface area contributed by atoms with Gasteiger partial charge in [-0.3, -0.25) is 9.69 Å². The zero-order valence-corrected chi connectivity index (χ0v) is 13.7. The molecule has 118 valence electrons. The molecule has 1 atom stereocenters. The lowest BCUT2D eigenvalue weighted by molar-refractivity contribution is -0.137. The molecular formula is C17H27NO3. The van der Waals surface area contributed by atoms with Gasteiger partial charge in [-0.25, -0.2) is 0 Å². The molecule has 0 saturated carbocycles. The Morgan fingerprint density at radius 1 is 1.33 bits per heavy atom. The van der Waals surface area contributed by atoms with Gasteiger partial charge in [-0.2, -0.15) is 0 Å². The summed E-state index contributed by atoms with van der Waals surface area (Å²) in [5, 5.41) is 8.94. The molecule has 0 saturated heterocycles. The summed E-state index contributed by atoms with van der Waals surface area (Å²) < 4.78 is 5.40. The van der Waals surface area contributed by atoms with Gasteiger partial charge in [0, 0.05) is 18.1 Å². The van der Waals surface area contributed by atoms with Crippen LogP contribution in [0.15, 0.2) is 24.3 Å². The fourth-order valence-corrected chi connectivity index (χ4v) is 2.73. The third-order valence-electron chi connectivity index (χ3n) is 3.67. The van der Waals surface area contributed by atoms with Crippen molar-refractivity contribution in [3.05, 3.63) is 29.8 Å². The number of hydrogen-bond acceptors (Lipinski definition) is 3. The van der Waals surface area contributed by atoms with Crippen LogP contribution in [-0.4, -0.2) is 41.2 Å². The van der Waals surface area contributed by atoms with Crippen LogP contribution in [0, 0.1) is 0 Å². The number of nitrogens with zero attached hydrogens (tertiary/aromatic N) is 1. The number of hydrogen-bond donors (Lipinski definition) is 1. The highest BCUT2D eigenvalue weighted by atomic mass is 16.5. The minimum atomic E-state index is -0.756. The number of ether oxygens (including phenoxy) is 1. The number of aliphatic carboxylic acids is 1. The SMILES string of the molecule is COc1ccccc1CC(C)N(CCC(=O)O)C(C)(C)C. The van der Waals surface area contributed by atoms with Crippen molar-refractivity contribution >= 4 is 5.97 Å². The zero-order valence-electron chi connectivity index (χ0n) is 13.7. The van der Waals surface area contributed by atoms with Crippen molar-refractivity contribution in [3.8, 4) is 5.75 Å². The van der Waals surface area contributed by atoms with Crippen LogP contribution in [0.5, 0.6) is 5.75 Å². The van der Waals surface area contributed by atoms with Gasteiger partial charge in [0.2, 0.25) is 0 Å². The second-order valence-electron chi connectivity index (χ2n) is 6.37. The molecule has 21 heavy (non-hydrogen) atoms. The molecule has 0 bridgehead atoms. The largest absolute Gasteiger partial charge is 0.496 e. The fraction of sp³-hybridized carbons (Fsp3) is 0.588. The smallest absolute Gasteiger partial charge is 0.304 e. The van der Waals surface area contributed by atoms with E-state index in [1.807, 2.05) is 18.2 Å². The lowest BCUT2D eigenvalue weighted by atomic mass is 9.98. The summed E-state index contributed by atoms with van der Waals surface area (Å²) in [5.74, 6) is 0.130. The number of carboxylic acid groups (broad SMARTS) is 1. The van der Waals surface area contributed by atoms with Crippen LogP contribution in [0.25, 0.3) is 0 Å². The van der Waals surface area contributed by atoms with E-state index in [0.29, 0.717) is 6.54 Å². The monoisotopic (exact) mass is 293 g/mol. The fourth-order valence-electron chi connectivity index (χ4n) is 2.73. The van der Waals surface area contributed by atoms with E-state index in [-0.39, 0.29) is 18.0 Å². The molecule has 0 heterocycles. The van der Waals surface area contributed by atoms with Gasteiger partial charge >= 0.3 is 5.97 Å². The Morgan fingerprint density at radius 3 is 2.48 bits per heavy atom. The van der Waals surface area contributed by atoms with E-state index in [1.165, 1.54) is 0 Å². The second kappa shape index (κ2) is 7.46. The minimum Gasteiger partial charge on any atom is -0.496 e. The molecule has 1 N–H and O–H groups in total. The van der Waals surface area contributed by atoms with E-state index < -0.39 is 5.97 Å². The van der Waals surface area contributed by atoms with E-state index in [9.17, 15) is 4.79 Å². The van der Waals surface area contributed by atoms with Crippen molar-refractivity contribution in [2.75, 3.05) is 13.7 Å². The molecule has 4 nitrogen and oxygen atoms in total. The standard InChI is InChI=1S/C17H27NO3/c1-13(12-14-8-6-7-9-15(14)21-5)18(17(2,3)4)11-10-16(19)20/h6-9,13H,10-12H2,1-5H3,(H,19,20). The lowest BCUT2D eigenvalue weighted by Gasteiger charge is -2.40. The van der Waals surface area contributed by atoms with Gasteiger partial charge < -0.3 is 9.84 Å². The van der Waals surface area contributed by atoms with E-state index in [2.05, 4.69) is 38.7 Å². The number of rotatable bonds is 7. The Bertz CT molecular complexity index is 465. The van der Waals surface area contributed by atoms with Crippen LogP contribution >= 0.6 is 0 Å². The molecule has 0 spiro atoms. The first-order valence-electron chi connectivity index (χ1n) is 7.36. The summed E-state index contributed by atoms with van der Waals surface area (Å²) in [7, 11) is 1.68. The topological polar surface area (TPSA) is 49.8 Å². The van der Waals surface area contributed by atoms with Crippen molar-refractivity contribution < 1.29 is 14.6 Å². The summed E-state index contributed by atoms with van der Waals surface area (Å²) in [6.07, 6.45) is 0.994. The minimum absolute atomic E-state index is 0.0725. The van der Waals surface area contributed by atoms with Crippen LogP contribution in [0.3, 0.4) is 0 Å². The second-order valence-corrected chi connectivity index (χ2v) is 6.37. The zero-order chi connectivity index (χ0) is 16.0. The summed E-state index contributed by atoms with van der Waals surface area (Å²) >= 11 is 0. The highest BCUT2D eigenvalue weighted by Gasteiger charge is 2.27. The van der Waals surface area contributed by atoms with E-state index in [0.717, 1.165) is 17.7 Å². The molecular weight excluding hydrogens is 266 g/mol. The van der Waals surface area contributed by atoms with Crippen LogP contribution < -0.4 is 4.74 Å². The van der Waals surface area contributed by atoms with Crippen molar-refractivity contribution in [2.45, 2.75) is 52.1 Å². The van der Waals surface area contributed by atoms with Gasteiger partial charge in [0.25, 0.3) is 0 Å². The van der Waals surface area contributed by atoms with Crippen molar-refractivity contribution in [1.82, 2.24) is 4.90 Å². The number of carbonyl (C=O) groups is 1. The number of para-hydroxylation sites is 1. The molecule has 0 fully saturated rings. The molecule has 4 heteroatoms. The average Bonchev–Trinajstić information content (AvgIpc) is 2.37. The molecule has 0 aliphatic carbocycles. The first kappa shape index (κ1) is 17.5. The molecule has 1 aromatic carbocycles. The van der Waals surface area contributed by atoms with Crippen molar-refractivity contribution in [3.63, 3.8) is 0 Å². The van der Waals surface area contributed by atoms with Gasteiger partial charge in [0.05, 0.1) is 13.5 Å². The van der Waals surface area contributed by atoms with Crippen LogP contribution in [-0.2, 0) is 11.2 Å². The van der Waals surface area contributed by atoms with Crippen molar-refractivity contribution in [1.29, 1.82) is 0 Å². The van der Waals surface area contributed by atoms with E-state index >= 15 is 0 Å². The summed E-state index contributed by atoms with van der Waals surface area (Å²) in [4.78, 5) is 13.1. The summed E-state index contributed by atoms with van der Waals surface area (Å²) in [6, 6.07) is 8.22. The molecule has 1 aromatic rings. The first-order valence-corrected chi connectivity index (χ1v) is 7.36. The van der Waals surface area contributed by atoms with Gasteiger partial charge in [0.1, 0.15) is 5.75 Å². The predicted octanol–water partition coefficient (Wildman–Crippen LogP) is 3.20. The van der Waals surface area contributed by atoms with E-state index in [1.54, 1.807) is 7.11 Å². The molecule has 0 amide bonds. The molecule has 0 aliphatic heterocycles. The van der Waals surface area contributed by atoms with Gasteiger partial charge in [0.15, 0.2) is 0 Å². The van der Waals surface area contributed by atoms with Gasteiger partial charge in [-0.15, -0.1) is 0 Å². The maximum Gasteiger partial charge on any atom is 0.304 e. The number of methoxy groups -OCH3 is 1. The maximum absolute atomic E-state index is 10.9. The average molecular weight is 293 g/mol. The predicted molar refractivity (Wildman–Crippen MR) is 84.9 cm³/mol. The van der Waals surface area contributed by atoms with Crippen LogP contribution in [0.1, 0.15) is 39.7 Å². The molecule has 0 aromatic heterocycles. The van der Waals surface area contributed by atoms with Crippen LogP contribution in [0.2, 0.25) is 0 Å². The Hall–Kier alpha value is -1.55. The maximum atomic E-state index is 10.9. The van der Waals surface area contributed by atoms with Crippen LogP contribution in [0.4, 0.5) is 0 Å². The number of benzene rings is 1. The normalized spacial score (nSPS) is 13.2. The Balaban J connectivity index is 2.85. The Kier molecular flexibility index (Phi) is 6.21. The molecule has 1 rings (SSSR count). The molecule has 0 radical (unpaired) electrons. The van der Waals surface area contributed by atoms with Gasteiger partial charge in [-0.1, -0.05) is 18.2 Å².